The van der Waals surface area contributed by atoms with Gasteiger partial charge in [-0.3, -0.25) is 6.38 Å². The molecule has 0 bridgehead atoms. The number of halogens is 1. The van der Waals surface area contributed by atoms with Crippen LogP contribution in [0.15, 0.2) is 84.9 Å². The first kappa shape index (κ1) is 25.3. The second-order valence-corrected chi connectivity index (χ2v) is 4.31. The maximum atomic E-state index is 4.39. The largest absolute Gasteiger partial charge is 0.168 e. The molecule has 0 atom stereocenters. The summed E-state index contributed by atoms with van der Waals surface area (Å²) in [7, 11) is 0. The SMILES string of the molecule is [CH2-]Cl.[CH3-].[CH3-].[Si]=[Zr].c1ccc2[cH-]ccc2c1.c1ccc2[cH-]ccc2c1. The Hall–Kier alpha value is -0.950. The van der Waals surface area contributed by atoms with Crippen LogP contribution in [0.4, 0.5) is 0 Å². The standard InChI is InChI=1S/2C9H7.CH2Cl.2CH3.Si.Zr/c2*1-2-5-9-7-3-6-8(9)4-1;1-2;;;;/h2*1-7H;1H2;2*1H3;;/q5*-1;;. The van der Waals surface area contributed by atoms with Crippen LogP contribution in [0.25, 0.3) is 21.5 Å². The van der Waals surface area contributed by atoms with Gasteiger partial charge >= 0.3 is 30.2 Å². The molecule has 0 aliphatic heterocycles. The average molecular weight is 429 g/mol. The monoisotopic (exact) mass is 427 g/mol. The van der Waals surface area contributed by atoms with Crippen molar-refractivity contribution in [2.24, 2.45) is 0 Å². The van der Waals surface area contributed by atoms with Gasteiger partial charge in [0.15, 0.2) is 0 Å². The summed E-state index contributed by atoms with van der Waals surface area (Å²) in [5.41, 5.74) is 0. The quantitative estimate of drug-likeness (QED) is 0.217. The maximum absolute atomic E-state index is 4.39. The van der Waals surface area contributed by atoms with Crippen molar-refractivity contribution in [1.29, 1.82) is 0 Å². The normalized spacial score (nSPS) is 8.04. The van der Waals surface area contributed by atoms with Crippen LogP contribution in [0, 0.1) is 21.2 Å². The molecule has 0 saturated heterocycles. The van der Waals surface area contributed by atoms with Gasteiger partial charge < -0.3 is 26.5 Å². The zero-order valence-corrected chi connectivity index (χ0v) is 18.4. The molecule has 0 aromatic heterocycles. The number of hydrogen-bond donors (Lipinski definition) is 0. The van der Waals surface area contributed by atoms with Crippen LogP contribution in [-0.4, -0.2) is 6.88 Å². The molecule has 4 aromatic carbocycles. The summed E-state index contributed by atoms with van der Waals surface area (Å²) in [5, 5.41) is 5.32. The van der Waals surface area contributed by atoms with Crippen molar-refractivity contribution >= 4 is 40.0 Å². The minimum Gasteiger partial charge on any atom is -0.168 e. The van der Waals surface area contributed by atoms with Gasteiger partial charge in [-0.2, -0.15) is 35.0 Å². The molecule has 3 heteroatoms. The molecule has 0 fully saturated rings. The Kier molecular flexibility index (Phi) is 16.4. The minimum atomic E-state index is 0. The number of rotatable bonds is 0. The minimum absolute atomic E-state index is 0. The molecule has 0 aliphatic carbocycles. The molecule has 0 heterocycles. The first-order chi connectivity index (χ1) is 10.9. The Morgan fingerprint density at radius 3 is 1.33 bits per heavy atom. The van der Waals surface area contributed by atoms with Crippen molar-refractivity contribution in [1.82, 2.24) is 0 Å². The molecule has 0 spiro atoms. The van der Waals surface area contributed by atoms with Gasteiger partial charge in [-0.15, -0.1) is 59.3 Å². The molecule has 0 nitrogen and oxygen atoms in total. The van der Waals surface area contributed by atoms with Gasteiger partial charge in [-0.25, -0.2) is 0 Å². The van der Waals surface area contributed by atoms with Crippen molar-refractivity contribution in [3.05, 3.63) is 106 Å². The van der Waals surface area contributed by atoms with Crippen LogP contribution in [-0.2, 0) is 23.3 Å². The molecule has 0 saturated carbocycles. The first-order valence-corrected chi connectivity index (χ1v) is 11.4. The third-order valence-electron chi connectivity index (χ3n) is 3.10. The van der Waals surface area contributed by atoms with Crippen molar-refractivity contribution in [3.8, 4) is 0 Å². The zero-order valence-electron chi connectivity index (χ0n) is 14.2. The zero-order chi connectivity index (χ0) is 16.2. The second-order valence-electron chi connectivity index (χ2n) is 4.31. The Labute approximate surface area is 168 Å². The molecule has 0 amide bonds. The number of hydrogen-bond acceptors (Lipinski definition) is 0. The fourth-order valence-electron chi connectivity index (χ4n) is 2.14. The van der Waals surface area contributed by atoms with E-state index in [9.17, 15) is 0 Å². The fraction of sp³-hybridized carbons (Fsp3) is 0. The van der Waals surface area contributed by atoms with Crippen LogP contribution in [0.2, 0.25) is 0 Å². The van der Waals surface area contributed by atoms with E-state index in [1.807, 2.05) is 0 Å². The molecule has 0 unspecified atom stereocenters. The summed E-state index contributed by atoms with van der Waals surface area (Å²) in [6.45, 7) is 3.06. The molecule has 2 radical (unpaired) electrons. The van der Waals surface area contributed by atoms with Crippen molar-refractivity contribution in [3.63, 3.8) is 0 Å². The molecule has 0 aliphatic rings. The molecule has 126 valence electrons. The third kappa shape index (κ3) is 7.75. The summed E-state index contributed by atoms with van der Waals surface area (Å²) in [6, 6.07) is 29.3. The predicted octanol–water partition coefficient (Wildman–Crippen LogP) is 6.65. The van der Waals surface area contributed by atoms with Gasteiger partial charge in [0, 0.05) is 0 Å². The Morgan fingerprint density at radius 1 is 0.667 bits per heavy atom. The third-order valence-corrected chi connectivity index (χ3v) is 3.10. The van der Waals surface area contributed by atoms with Gasteiger partial charge in [0.1, 0.15) is 0 Å². The van der Waals surface area contributed by atoms with Gasteiger partial charge in [0.25, 0.3) is 0 Å². The van der Waals surface area contributed by atoms with E-state index in [-0.39, 0.29) is 14.9 Å². The van der Waals surface area contributed by atoms with Gasteiger partial charge in [-0.05, 0) is 0 Å². The van der Waals surface area contributed by atoms with Crippen molar-refractivity contribution < 1.29 is 23.3 Å². The van der Waals surface area contributed by atoms with E-state index in [1.54, 1.807) is 0 Å². The van der Waals surface area contributed by atoms with Crippen LogP contribution in [0.3, 0.4) is 0 Å². The number of fused-ring (bicyclic) bond motifs is 2. The Morgan fingerprint density at radius 2 is 1.00 bits per heavy atom. The summed E-state index contributed by atoms with van der Waals surface area (Å²) in [4.78, 5) is 0. The van der Waals surface area contributed by atoms with Gasteiger partial charge in [-0.1, -0.05) is 12.1 Å². The molecular formula is C21H22ClSiZr-5. The molecule has 0 N–H and O–H groups in total. The van der Waals surface area contributed by atoms with Crippen LogP contribution < -0.4 is 0 Å². The van der Waals surface area contributed by atoms with E-state index < -0.39 is 0 Å². The fourth-order valence-corrected chi connectivity index (χ4v) is 2.14. The smallest absolute Gasteiger partial charge is 0.0809 e. The van der Waals surface area contributed by atoms with Crippen molar-refractivity contribution in [2.75, 3.05) is 0 Å². The summed E-state index contributed by atoms with van der Waals surface area (Å²) in [6.07, 6.45) is 2.72. The number of benzene rings is 2. The summed E-state index contributed by atoms with van der Waals surface area (Å²) in [5.74, 6) is 0. The average Bonchev–Trinajstić information content (AvgIpc) is 3.28. The summed E-state index contributed by atoms with van der Waals surface area (Å²) >= 11 is 5.74. The second kappa shape index (κ2) is 15.6. The maximum Gasteiger partial charge on any atom is -0.0809 e. The molecule has 4 rings (SSSR count). The van der Waals surface area contributed by atoms with Crippen LogP contribution in [0.5, 0.6) is 0 Å². The van der Waals surface area contributed by atoms with Crippen LogP contribution in [0.1, 0.15) is 0 Å². The van der Waals surface area contributed by atoms with E-state index in [0.717, 1.165) is 0 Å². The summed E-state index contributed by atoms with van der Waals surface area (Å²) < 4.78 is 0. The van der Waals surface area contributed by atoms with Gasteiger partial charge in [0.2, 0.25) is 0 Å². The van der Waals surface area contributed by atoms with Crippen molar-refractivity contribution in [2.45, 2.75) is 0 Å². The molecule has 24 heavy (non-hydrogen) atoms. The van der Waals surface area contributed by atoms with E-state index in [4.69, 9.17) is 0 Å². The first-order valence-electron chi connectivity index (χ1n) is 6.66. The van der Waals surface area contributed by atoms with E-state index in [1.165, 1.54) is 44.9 Å². The Bertz CT molecular complexity index is 647. The van der Waals surface area contributed by atoms with Gasteiger partial charge in [0.05, 0.1) is 0 Å². The molecule has 4 aromatic rings. The predicted molar refractivity (Wildman–Crippen MR) is 109 cm³/mol. The van der Waals surface area contributed by atoms with Crippen LogP contribution >= 0.6 is 11.6 Å². The van der Waals surface area contributed by atoms with E-state index >= 15 is 0 Å². The topological polar surface area (TPSA) is 0 Å². The van der Waals surface area contributed by atoms with E-state index in [2.05, 4.69) is 110 Å². The molecular weight excluding hydrogens is 407 g/mol. The van der Waals surface area contributed by atoms with E-state index in [0.29, 0.717) is 0 Å². The Balaban J connectivity index is 0.